The second kappa shape index (κ2) is 3.71. The largest absolute Gasteiger partial charge is 0.389 e. The maximum atomic E-state index is 10.2. The van der Waals surface area contributed by atoms with Crippen LogP contribution in [0.25, 0.3) is 0 Å². The Morgan fingerprint density at radius 1 is 1.71 bits per heavy atom. The van der Waals surface area contributed by atoms with Crippen LogP contribution in [0, 0.1) is 5.92 Å². The van der Waals surface area contributed by atoms with Gasteiger partial charge in [-0.3, -0.25) is 0 Å². The van der Waals surface area contributed by atoms with Gasteiger partial charge in [0.15, 0.2) is 0 Å². The third kappa shape index (κ3) is 1.81. The van der Waals surface area contributed by atoms with Crippen LogP contribution in [0.15, 0.2) is 36.5 Å². The van der Waals surface area contributed by atoms with E-state index in [9.17, 15) is 10.2 Å². The van der Waals surface area contributed by atoms with Crippen molar-refractivity contribution in [3.63, 3.8) is 0 Å². The molecule has 0 amide bonds. The minimum Gasteiger partial charge on any atom is -0.389 e. The molecule has 0 spiro atoms. The second-order valence-electron chi connectivity index (χ2n) is 4.13. The molecule has 0 heterocycles. The molecular weight excluding hydrogens is 176 g/mol. The van der Waals surface area contributed by atoms with E-state index in [4.69, 9.17) is 0 Å². The molecule has 0 radical (unpaired) electrons. The van der Waals surface area contributed by atoms with Crippen molar-refractivity contribution in [1.82, 2.24) is 0 Å². The summed E-state index contributed by atoms with van der Waals surface area (Å²) in [5.41, 5.74) is 0.620. The molecule has 3 atom stereocenters. The van der Waals surface area contributed by atoms with Crippen molar-refractivity contribution in [3.8, 4) is 0 Å². The van der Waals surface area contributed by atoms with E-state index in [0.717, 1.165) is 11.1 Å². The standard InChI is InChI=1S/C12H18O2/c1-5-12(14)7-9(4)11(13)6-10(12)8(2)3/h5,7,10-11,13-14H,1-2,6H2,3-4H3/t10-,11-,12-/m1/s1. The molecule has 0 saturated carbocycles. The molecule has 0 aromatic heterocycles. The second-order valence-corrected chi connectivity index (χ2v) is 4.13. The summed E-state index contributed by atoms with van der Waals surface area (Å²) in [6.07, 6.45) is 3.23. The van der Waals surface area contributed by atoms with Gasteiger partial charge >= 0.3 is 0 Å². The lowest BCUT2D eigenvalue weighted by atomic mass is 9.73. The predicted octanol–water partition coefficient (Wildman–Crippen LogP) is 1.81. The van der Waals surface area contributed by atoms with Crippen molar-refractivity contribution in [2.75, 3.05) is 0 Å². The van der Waals surface area contributed by atoms with Gasteiger partial charge in [0.25, 0.3) is 0 Å². The molecule has 0 aromatic carbocycles. The van der Waals surface area contributed by atoms with Crippen molar-refractivity contribution in [2.45, 2.75) is 32.0 Å². The molecule has 1 rings (SSSR count). The monoisotopic (exact) mass is 194 g/mol. The van der Waals surface area contributed by atoms with E-state index in [1.54, 1.807) is 6.08 Å². The van der Waals surface area contributed by atoms with Gasteiger partial charge in [0.2, 0.25) is 0 Å². The summed E-state index contributed by atoms with van der Waals surface area (Å²) in [6.45, 7) is 11.1. The average Bonchev–Trinajstić information content (AvgIpc) is 2.11. The maximum Gasteiger partial charge on any atom is 0.107 e. The fraction of sp³-hybridized carbons (Fsp3) is 0.500. The highest BCUT2D eigenvalue weighted by atomic mass is 16.3. The van der Waals surface area contributed by atoms with Gasteiger partial charge < -0.3 is 10.2 Å². The van der Waals surface area contributed by atoms with E-state index in [0.29, 0.717) is 6.42 Å². The van der Waals surface area contributed by atoms with E-state index in [1.807, 2.05) is 13.8 Å². The first-order valence-corrected chi connectivity index (χ1v) is 4.79. The molecular formula is C12H18O2. The molecule has 78 valence electrons. The normalized spacial score (nSPS) is 37.6. The Morgan fingerprint density at radius 2 is 2.29 bits per heavy atom. The molecule has 2 nitrogen and oxygen atoms in total. The lowest BCUT2D eigenvalue weighted by molar-refractivity contribution is 0.0468. The number of hydrogen-bond acceptors (Lipinski definition) is 2. The van der Waals surface area contributed by atoms with Crippen LogP contribution in [0.4, 0.5) is 0 Å². The molecule has 2 N–H and O–H groups in total. The first kappa shape index (κ1) is 11.2. The highest BCUT2D eigenvalue weighted by molar-refractivity contribution is 5.29. The maximum absolute atomic E-state index is 10.2. The minimum absolute atomic E-state index is 0.140. The van der Waals surface area contributed by atoms with Crippen LogP contribution in [0.2, 0.25) is 0 Å². The summed E-state index contributed by atoms with van der Waals surface area (Å²) in [6, 6.07) is 0. The number of rotatable bonds is 2. The number of aliphatic hydroxyl groups is 2. The first-order chi connectivity index (χ1) is 6.40. The van der Waals surface area contributed by atoms with E-state index in [1.165, 1.54) is 6.08 Å². The molecule has 1 aliphatic rings. The predicted molar refractivity (Wildman–Crippen MR) is 57.8 cm³/mol. The van der Waals surface area contributed by atoms with Crippen LogP contribution in [0.3, 0.4) is 0 Å². The van der Waals surface area contributed by atoms with Crippen molar-refractivity contribution < 1.29 is 10.2 Å². The summed E-state index contributed by atoms with van der Waals surface area (Å²) in [5.74, 6) is -0.140. The third-order valence-corrected chi connectivity index (χ3v) is 2.92. The molecule has 0 bridgehead atoms. The summed E-state index contributed by atoms with van der Waals surface area (Å²) in [7, 11) is 0. The summed E-state index contributed by atoms with van der Waals surface area (Å²) in [4.78, 5) is 0. The fourth-order valence-electron chi connectivity index (χ4n) is 1.96. The van der Waals surface area contributed by atoms with Crippen LogP contribution in [-0.2, 0) is 0 Å². The molecule has 1 aliphatic carbocycles. The Hall–Kier alpha value is -0.860. The fourth-order valence-corrected chi connectivity index (χ4v) is 1.96. The van der Waals surface area contributed by atoms with Crippen LogP contribution in [0.1, 0.15) is 20.3 Å². The molecule has 14 heavy (non-hydrogen) atoms. The van der Waals surface area contributed by atoms with Gasteiger partial charge in [-0.15, -0.1) is 0 Å². The zero-order valence-corrected chi connectivity index (χ0v) is 8.83. The van der Waals surface area contributed by atoms with Gasteiger partial charge in [0.05, 0.1) is 6.10 Å². The molecule has 0 aromatic rings. The van der Waals surface area contributed by atoms with Crippen LogP contribution in [-0.4, -0.2) is 21.9 Å². The van der Waals surface area contributed by atoms with Gasteiger partial charge in [-0.1, -0.05) is 24.8 Å². The van der Waals surface area contributed by atoms with Crippen LogP contribution >= 0.6 is 0 Å². The molecule has 0 aliphatic heterocycles. The Balaban J connectivity index is 3.10. The quantitative estimate of drug-likeness (QED) is 0.658. The van der Waals surface area contributed by atoms with Crippen LogP contribution < -0.4 is 0 Å². The van der Waals surface area contributed by atoms with Gasteiger partial charge in [0, 0.05) is 5.92 Å². The number of aliphatic hydroxyl groups excluding tert-OH is 1. The Morgan fingerprint density at radius 3 is 2.71 bits per heavy atom. The Labute approximate surface area is 85.3 Å². The zero-order valence-electron chi connectivity index (χ0n) is 8.83. The van der Waals surface area contributed by atoms with Crippen molar-refractivity contribution >= 4 is 0 Å². The summed E-state index contributed by atoms with van der Waals surface area (Å²) >= 11 is 0. The summed E-state index contributed by atoms with van der Waals surface area (Å²) < 4.78 is 0. The van der Waals surface area contributed by atoms with Crippen molar-refractivity contribution in [3.05, 3.63) is 36.5 Å². The van der Waals surface area contributed by atoms with Gasteiger partial charge in [-0.05, 0) is 31.9 Å². The smallest absolute Gasteiger partial charge is 0.107 e. The SMILES string of the molecule is C=C[C@@]1(O)C=C(C)[C@H](O)C[C@@H]1C(=C)C. The third-order valence-electron chi connectivity index (χ3n) is 2.92. The lowest BCUT2D eigenvalue weighted by Crippen LogP contribution is -2.41. The molecule has 2 heteroatoms. The molecule has 0 unspecified atom stereocenters. The highest BCUT2D eigenvalue weighted by Gasteiger charge is 2.38. The van der Waals surface area contributed by atoms with E-state index >= 15 is 0 Å². The van der Waals surface area contributed by atoms with E-state index in [2.05, 4.69) is 13.2 Å². The molecule has 0 fully saturated rings. The Bertz CT molecular complexity index is 291. The van der Waals surface area contributed by atoms with E-state index < -0.39 is 11.7 Å². The Kier molecular flexibility index (Phi) is 2.98. The van der Waals surface area contributed by atoms with Crippen molar-refractivity contribution in [2.24, 2.45) is 5.92 Å². The summed E-state index contributed by atoms with van der Waals surface area (Å²) in [5, 5.41) is 19.9. The number of hydrogen-bond donors (Lipinski definition) is 2. The van der Waals surface area contributed by atoms with Crippen LogP contribution in [0.5, 0.6) is 0 Å². The highest BCUT2D eigenvalue weighted by Crippen LogP contribution is 2.37. The average molecular weight is 194 g/mol. The van der Waals surface area contributed by atoms with Crippen molar-refractivity contribution in [1.29, 1.82) is 0 Å². The topological polar surface area (TPSA) is 40.5 Å². The van der Waals surface area contributed by atoms with Gasteiger partial charge in [-0.2, -0.15) is 0 Å². The van der Waals surface area contributed by atoms with Gasteiger partial charge in [-0.25, -0.2) is 0 Å². The first-order valence-electron chi connectivity index (χ1n) is 4.79. The minimum atomic E-state index is -1.05. The lowest BCUT2D eigenvalue weighted by Gasteiger charge is -2.38. The molecule has 0 saturated heterocycles. The van der Waals surface area contributed by atoms with E-state index in [-0.39, 0.29) is 5.92 Å². The van der Waals surface area contributed by atoms with Gasteiger partial charge in [0.1, 0.15) is 5.60 Å². The zero-order chi connectivity index (χ0) is 10.9.